The van der Waals surface area contributed by atoms with Gasteiger partial charge in [0.2, 0.25) is 0 Å². The SMILES string of the molecule is C/C(Cl)=C/CN1CCC2(c3ccccc3)c3cc(O)ccc3CC1C2C. The number of nitrogens with zero attached hydrogens (tertiary/aromatic N) is 1. The molecule has 4 rings (SSSR count). The fourth-order valence-electron chi connectivity index (χ4n) is 5.19. The van der Waals surface area contributed by atoms with Crippen LogP contribution in [0.1, 0.15) is 37.0 Å². The molecular formula is C23H26ClNO. The van der Waals surface area contributed by atoms with Crippen molar-refractivity contribution in [3.05, 3.63) is 76.3 Å². The predicted octanol–water partition coefficient (Wildman–Crippen LogP) is 5.09. The zero-order chi connectivity index (χ0) is 18.3. The predicted molar refractivity (Wildman–Crippen MR) is 108 cm³/mol. The number of halogens is 1. The van der Waals surface area contributed by atoms with Crippen LogP contribution >= 0.6 is 11.6 Å². The van der Waals surface area contributed by atoms with Crippen LogP contribution in [-0.4, -0.2) is 29.1 Å². The van der Waals surface area contributed by atoms with E-state index < -0.39 is 0 Å². The highest BCUT2D eigenvalue weighted by atomic mass is 35.5. The van der Waals surface area contributed by atoms with E-state index in [4.69, 9.17) is 11.6 Å². The monoisotopic (exact) mass is 367 g/mol. The number of phenols is 1. The Morgan fingerprint density at radius 3 is 2.77 bits per heavy atom. The van der Waals surface area contributed by atoms with Crippen molar-refractivity contribution in [3.8, 4) is 5.75 Å². The minimum atomic E-state index is -0.0333. The lowest BCUT2D eigenvalue weighted by molar-refractivity contribution is 0.0498. The molecular weight excluding hydrogens is 342 g/mol. The third kappa shape index (κ3) is 2.76. The first-order valence-corrected chi connectivity index (χ1v) is 9.84. The second-order valence-corrected chi connectivity index (χ2v) is 8.37. The summed E-state index contributed by atoms with van der Waals surface area (Å²) in [6.45, 7) is 6.28. The van der Waals surface area contributed by atoms with Gasteiger partial charge in [0.25, 0.3) is 0 Å². The molecule has 0 amide bonds. The highest BCUT2D eigenvalue weighted by Crippen LogP contribution is 2.53. The molecule has 2 aromatic rings. The highest BCUT2D eigenvalue weighted by molar-refractivity contribution is 6.29. The summed E-state index contributed by atoms with van der Waals surface area (Å²) in [4.78, 5) is 2.58. The van der Waals surface area contributed by atoms with Crippen molar-refractivity contribution in [2.45, 2.75) is 38.1 Å². The van der Waals surface area contributed by atoms with E-state index >= 15 is 0 Å². The molecule has 3 unspecified atom stereocenters. The number of rotatable bonds is 3. The summed E-state index contributed by atoms with van der Waals surface area (Å²) in [7, 11) is 0. The molecule has 26 heavy (non-hydrogen) atoms. The minimum absolute atomic E-state index is 0.0333. The fraction of sp³-hybridized carbons (Fsp3) is 0.391. The number of aromatic hydroxyl groups is 1. The largest absolute Gasteiger partial charge is 0.508 e. The second-order valence-electron chi connectivity index (χ2n) is 7.77. The van der Waals surface area contributed by atoms with Gasteiger partial charge in [0.1, 0.15) is 5.75 Å². The van der Waals surface area contributed by atoms with Gasteiger partial charge < -0.3 is 5.11 Å². The first-order chi connectivity index (χ1) is 12.5. The molecule has 1 aliphatic carbocycles. The first-order valence-electron chi connectivity index (χ1n) is 9.46. The van der Waals surface area contributed by atoms with Gasteiger partial charge in [-0.1, -0.05) is 61.0 Å². The Balaban J connectivity index is 1.84. The van der Waals surface area contributed by atoms with Crippen molar-refractivity contribution in [1.82, 2.24) is 4.90 Å². The third-order valence-corrected chi connectivity index (χ3v) is 6.67. The quantitative estimate of drug-likeness (QED) is 0.816. The number of likely N-dealkylation sites (tertiary alicyclic amines) is 1. The Morgan fingerprint density at radius 2 is 2.04 bits per heavy atom. The zero-order valence-corrected chi connectivity index (χ0v) is 16.2. The Hall–Kier alpha value is -1.77. The van der Waals surface area contributed by atoms with Gasteiger partial charge in [-0.05, 0) is 61.1 Å². The van der Waals surface area contributed by atoms with E-state index in [1.54, 1.807) is 0 Å². The normalized spacial score (nSPS) is 28.7. The molecule has 1 N–H and O–H groups in total. The Morgan fingerprint density at radius 1 is 1.27 bits per heavy atom. The molecule has 2 nitrogen and oxygen atoms in total. The smallest absolute Gasteiger partial charge is 0.115 e. The van der Waals surface area contributed by atoms with E-state index in [2.05, 4.69) is 54.3 Å². The molecule has 0 spiro atoms. The van der Waals surface area contributed by atoms with Crippen LogP contribution in [0.5, 0.6) is 5.75 Å². The number of allylic oxidation sites excluding steroid dienone is 1. The lowest BCUT2D eigenvalue weighted by Crippen LogP contribution is -2.59. The summed E-state index contributed by atoms with van der Waals surface area (Å²) in [6, 6.07) is 17.3. The Kier molecular flexibility index (Phi) is 4.58. The number of phenolic OH excluding ortho intramolecular Hbond substituents is 1. The van der Waals surface area contributed by atoms with E-state index in [-0.39, 0.29) is 5.41 Å². The van der Waals surface area contributed by atoms with Crippen LogP contribution in [-0.2, 0) is 11.8 Å². The van der Waals surface area contributed by atoms with Crippen LogP contribution in [0.4, 0.5) is 0 Å². The molecule has 0 saturated carbocycles. The molecule has 136 valence electrons. The number of fused-ring (bicyclic) bond motifs is 4. The Bertz CT molecular complexity index is 827. The second kappa shape index (κ2) is 6.75. The van der Waals surface area contributed by atoms with Gasteiger partial charge >= 0.3 is 0 Å². The van der Waals surface area contributed by atoms with Gasteiger partial charge in [-0.2, -0.15) is 0 Å². The molecule has 1 aliphatic heterocycles. The van der Waals surface area contributed by atoms with E-state index in [0.29, 0.717) is 17.7 Å². The van der Waals surface area contributed by atoms with Crippen LogP contribution in [0.15, 0.2) is 59.6 Å². The maximum atomic E-state index is 10.2. The lowest BCUT2D eigenvalue weighted by atomic mass is 9.55. The molecule has 1 fully saturated rings. The summed E-state index contributed by atoms with van der Waals surface area (Å²) in [6.07, 6.45) is 4.21. The number of benzene rings is 2. The summed E-state index contributed by atoms with van der Waals surface area (Å²) in [5, 5.41) is 11.1. The highest BCUT2D eigenvalue weighted by Gasteiger charge is 2.51. The number of hydrogen-bond acceptors (Lipinski definition) is 2. The average Bonchev–Trinajstić information content (AvgIpc) is 2.63. The summed E-state index contributed by atoms with van der Waals surface area (Å²) < 4.78 is 0. The maximum Gasteiger partial charge on any atom is 0.115 e. The summed E-state index contributed by atoms with van der Waals surface area (Å²) >= 11 is 6.10. The van der Waals surface area contributed by atoms with Crippen LogP contribution in [0.2, 0.25) is 0 Å². The summed E-state index contributed by atoms with van der Waals surface area (Å²) in [5.74, 6) is 0.838. The fourth-order valence-corrected chi connectivity index (χ4v) is 5.26. The van der Waals surface area contributed by atoms with Crippen molar-refractivity contribution < 1.29 is 5.11 Å². The van der Waals surface area contributed by atoms with Crippen LogP contribution in [0.25, 0.3) is 0 Å². The molecule has 2 bridgehead atoms. The van der Waals surface area contributed by atoms with Gasteiger partial charge in [0, 0.05) is 23.0 Å². The maximum absolute atomic E-state index is 10.2. The lowest BCUT2D eigenvalue weighted by Gasteiger charge is -2.56. The average molecular weight is 368 g/mol. The zero-order valence-electron chi connectivity index (χ0n) is 15.5. The third-order valence-electron chi connectivity index (χ3n) is 6.52. The van der Waals surface area contributed by atoms with Crippen LogP contribution in [0.3, 0.4) is 0 Å². The van der Waals surface area contributed by atoms with E-state index in [1.165, 1.54) is 16.7 Å². The van der Waals surface area contributed by atoms with Gasteiger partial charge in [0.15, 0.2) is 0 Å². The number of piperidine rings is 1. The minimum Gasteiger partial charge on any atom is -0.508 e. The first kappa shape index (κ1) is 17.6. The van der Waals surface area contributed by atoms with E-state index in [1.807, 2.05) is 19.1 Å². The van der Waals surface area contributed by atoms with Crippen molar-refractivity contribution in [2.24, 2.45) is 5.92 Å². The van der Waals surface area contributed by atoms with E-state index in [0.717, 1.165) is 31.0 Å². The van der Waals surface area contributed by atoms with Crippen LogP contribution in [0, 0.1) is 5.92 Å². The van der Waals surface area contributed by atoms with Gasteiger partial charge in [0.05, 0.1) is 0 Å². The molecule has 1 heterocycles. The van der Waals surface area contributed by atoms with Gasteiger partial charge in [-0.25, -0.2) is 0 Å². The molecule has 2 aromatic carbocycles. The number of hydrogen-bond donors (Lipinski definition) is 1. The molecule has 3 atom stereocenters. The molecule has 1 saturated heterocycles. The molecule has 0 radical (unpaired) electrons. The van der Waals surface area contributed by atoms with Gasteiger partial charge in [-0.15, -0.1) is 0 Å². The molecule has 2 aliphatic rings. The molecule has 0 aromatic heterocycles. The van der Waals surface area contributed by atoms with Crippen molar-refractivity contribution >= 4 is 11.6 Å². The Labute approximate surface area is 161 Å². The van der Waals surface area contributed by atoms with Gasteiger partial charge in [-0.3, -0.25) is 4.90 Å². The van der Waals surface area contributed by atoms with Crippen LogP contribution < -0.4 is 0 Å². The standard InChI is InChI=1S/C23H26ClNO/c1-16(24)10-12-25-13-11-23(19-6-4-3-5-7-19)17(2)22(25)14-18-8-9-20(26)15-21(18)23/h3-10,15,17,22,26H,11-14H2,1-2H3/b16-10-. The van der Waals surface area contributed by atoms with E-state index in [9.17, 15) is 5.11 Å². The topological polar surface area (TPSA) is 23.5 Å². The summed E-state index contributed by atoms with van der Waals surface area (Å²) in [5.41, 5.74) is 4.02. The van der Waals surface area contributed by atoms with Crippen molar-refractivity contribution in [2.75, 3.05) is 13.1 Å². The molecule has 3 heteroatoms. The van der Waals surface area contributed by atoms with Crippen molar-refractivity contribution in [3.63, 3.8) is 0 Å². The van der Waals surface area contributed by atoms with Crippen molar-refractivity contribution in [1.29, 1.82) is 0 Å².